The van der Waals surface area contributed by atoms with Gasteiger partial charge in [0.1, 0.15) is 5.75 Å². The highest BCUT2D eigenvalue weighted by atomic mass is 32.2. The summed E-state index contributed by atoms with van der Waals surface area (Å²) in [6.07, 6.45) is 1.74. The number of methoxy groups -OCH3 is 1. The van der Waals surface area contributed by atoms with Crippen LogP contribution in [0.4, 0.5) is 5.69 Å². The van der Waals surface area contributed by atoms with Crippen molar-refractivity contribution < 1.29 is 17.9 Å². The van der Waals surface area contributed by atoms with Crippen molar-refractivity contribution in [2.75, 3.05) is 25.5 Å². The lowest BCUT2D eigenvalue weighted by Crippen LogP contribution is -2.28. The molecule has 6 nitrogen and oxygen atoms in total. The van der Waals surface area contributed by atoms with Crippen LogP contribution in [0.3, 0.4) is 0 Å². The number of sulfonamides is 1. The maximum absolute atomic E-state index is 12.7. The molecule has 128 valence electrons. The van der Waals surface area contributed by atoms with Gasteiger partial charge in [-0.25, -0.2) is 8.42 Å². The fourth-order valence-corrected chi connectivity index (χ4v) is 4.78. The van der Waals surface area contributed by atoms with E-state index in [1.54, 1.807) is 23.6 Å². The van der Waals surface area contributed by atoms with E-state index in [2.05, 4.69) is 5.32 Å². The number of amides is 1. The van der Waals surface area contributed by atoms with Gasteiger partial charge in [-0.2, -0.15) is 4.31 Å². The zero-order chi connectivity index (χ0) is 17.2. The van der Waals surface area contributed by atoms with Crippen LogP contribution in [-0.4, -0.2) is 38.8 Å². The zero-order valence-electron chi connectivity index (χ0n) is 13.2. The van der Waals surface area contributed by atoms with E-state index in [4.69, 9.17) is 4.74 Å². The summed E-state index contributed by atoms with van der Waals surface area (Å²) < 4.78 is 32.1. The van der Waals surface area contributed by atoms with Crippen molar-refractivity contribution in [3.8, 4) is 5.75 Å². The first kappa shape index (κ1) is 16.9. The first-order valence-electron chi connectivity index (χ1n) is 7.55. The lowest BCUT2D eigenvalue weighted by Gasteiger charge is -2.17. The van der Waals surface area contributed by atoms with Crippen LogP contribution in [0.2, 0.25) is 0 Å². The van der Waals surface area contributed by atoms with Crippen molar-refractivity contribution in [3.05, 3.63) is 40.6 Å². The van der Waals surface area contributed by atoms with Crippen LogP contribution in [0.25, 0.3) is 0 Å². The molecule has 1 aromatic carbocycles. The second-order valence-electron chi connectivity index (χ2n) is 5.40. The normalized spacial score (nSPS) is 15.4. The number of ether oxygens (including phenoxy) is 1. The molecule has 1 saturated heterocycles. The van der Waals surface area contributed by atoms with Crippen LogP contribution in [-0.2, 0) is 10.0 Å². The smallest absolute Gasteiger partial charge is 0.265 e. The van der Waals surface area contributed by atoms with Gasteiger partial charge in [-0.05, 0) is 42.5 Å². The number of thiophene rings is 1. The second-order valence-corrected chi connectivity index (χ2v) is 8.29. The number of carbonyl (C=O) groups excluding carboxylic acids is 1. The summed E-state index contributed by atoms with van der Waals surface area (Å²) >= 11 is 1.31. The maximum Gasteiger partial charge on any atom is 0.265 e. The Labute approximate surface area is 145 Å². The first-order chi connectivity index (χ1) is 11.5. The molecule has 1 N–H and O–H groups in total. The molecule has 0 radical (unpaired) electrons. The lowest BCUT2D eigenvalue weighted by atomic mass is 10.3. The summed E-state index contributed by atoms with van der Waals surface area (Å²) in [5.41, 5.74) is 0.344. The standard InChI is InChI=1S/C16H18N2O4S2/c1-22-14-7-6-12(24(20,21)18-8-2-3-9-18)11-13(14)17-16(19)15-5-4-10-23-15/h4-7,10-11H,2-3,8-9H2,1H3,(H,17,19). The number of rotatable bonds is 5. The van der Waals surface area contributed by atoms with E-state index in [1.165, 1.54) is 34.9 Å². The first-order valence-corrected chi connectivity index (χ1v) is 9.87. The van der Waals surface area contributed by atoms with Crippen LogP contribution in [0.15, 0.2) is 40.6 Å². The van der Waals surface area contributed by atoms with Gasteiger partial charge in [0.05, 0.1) is 22.6 Å². The number of nitrogens with one attached hydrogen (secondary N) is 1. The molecule has 0 saturated carbocycles. The van der Waals surface area contributed by atoms with E-state index < -0.39 is 10.0 Å². The molecule has 8 heteroatoms. The fraction of sp³-hybridized carbons (Fsp3) is 0.312. The van der Waals surface area contributed by atoms with Gasteiger partial charge in [-0.15, -0.1) is 11.3 Å². The van der Waals surface area contributed by atoms with Crippen LogP contribution >= 0.6 is 11.3 Å². The minimum absolute atomic E-state index is 0.159. The number of hydrogen-bond donors (Lipinski definition) is 1. The Bertz CT molecular complexity index is 826. The molecule has 2 heterocycles. The summed E-state index contributed by atoms with van der Waals surface area (Å²) in [5, 5.41) is 4.54. The topological polar surface area (TPSA) is 75.7 Å². The monoisotopic (exact) mass is 366 g/mol. The minimum Gasteiger partial charge on any atom is -0.495 e. The van der Waals surface area contributed by atoms with E-state index in [9.17, 15) is 13.2 Å². The summed E-state index contributed by atoms with van der Waals surface area (Å²) in [5.74, 6) is 0.124. The lowest BCUT2D eigenvalue weighted by molar-refractivity contribution is 0.103. The highest BCUT2D eigenvalue weighted by molar-refractivity contribution is 7.89. The van der Waals surface area contributed by atoms with Crippen molar-refractivity contribution >= 4 is 33.0 Å². The molecule has 1 aromatic heterocycles. The largest absolute Gasteiger partial charge is 0.495 e. The Morgan fingerprint density at radius 2 is 2.00 bits per heavy atom. The zero-order valence-corrected chi connectivity index (χ0v) is 14.8. The van der Waals surface area contributed by atoms with E-state index in [0.29, 0.717) is 29.4 Å². The molecule has 1 amide bonds. The van der Waals surface area contributed by atoms with Crippen molar-refractivity contribution in [1.29, 1.82) is 0 Å². The molecule has 2 aromatic rings. The van der Waals surface area contributed by atoms with Crippen molar-refractivity contribution in [3.63, 3.8) is 0 Å². The number of hydrogen-bond acceptors (Lipinski definition) is 5. The average molecular weight is 366 g/mol. The van der Waals surface area contributed by atoms with E-state index in [-0.39, 0.29) is 10.8 Å². The molecular formula is C16H18N2O4S2. The summed E-state index contributed by atoms with van der Waals surface area (Å²) in [7, 11) is -2.07. The Kier molecular flexibility index (Phi) is 4.88. The third-order valence-electron chi connectivity index (χ3n) is 3.87. The molecule has 1 fully saturated rings. The molecule has 0 bridgehead atoms. The summed E-state index contributed by atoms with van der Waals surface area (Å²) in [4.78, 5) is 12.9. The van der Waals surface area contributed by atoms with Gasteiger partial charge in [0.15, 0.2) is 0 Å². The number of carbonyl (C=O) groups is 1. The van der Waals surface area contributed by atoms with Gasteiger partial charge in [0.2, 0.25) is 10.0 Å². The molecule has 24 heavy (non-hydrogen) atoms. The van der Waals surface area contributed by atoms with Crippen LogP contribution < -0.4 is 10.1 Å². The van der Waals surface area contributed by atoms with E-state index in [1.807, 2.05) is 0 Å². The van der Waals surface area contributed by atoms with Gasteiger partial charge in [-0.1, -0.05) is 6.07 Å². The van der Waals surface area contributed by atoms with Crippen molar-refractivity contribution in [1.82, 2.24) is 4.31 Å². The van der Waals surface area contributed by atoms with Crippen molar-refractivity contribution in [2.24, 2.45) is 0 Å². The van der Waals surface area contributed by atoms with Gasteiger partial charge >= 0.3 is 0 Å². The van der Waals surface area contributed by atoms with Gasteiger partial charge in [0.25, 0.3) is 5.91 Å². The Morgan fingerprint density at radius 1 is 1.25 bits per heavy atom. The SMILES string of the molecule is COc1ccc(S(=O)(=O)N2CCCC2)cc1NC(=O)c1cccs1. The molecule has 1 aliphatic heterocycles. The minimum atomic E-state index is -3.55. The van der Waals surface area contributed by atoms with E-state index in [0.717, 1.165) is 12.8 Å². The summed E-state index contributed by atoms with van der Waals surface area (Å²) in [6.45, 7) is 1.07. The molecular weight excluding hydrogens is 348 g/mol. The molecule has 1 aliphatic rings. The molecule has 0 unspecified atom stereocenters. The van der Waals surface area contributed by atoms with Gasteiger partial charge < -0.3 is 10.1 Å². The quantitative estimate of drug-likeness (QED) is 0.883. The highest BCUT2D eigenvalue weighted by Crippen LogP contribution is 2.30. The van der Waals surface area contributed by atoms with Gasteiger partial charge in [-0.3, -0.25) is 4.79 Å². The predicted molar refractivity (Wildman–Crippen MR) is 93.3 cm³/mol. The average Bonchev–Trinajstić information content (AvgIpc) is 3.28. The van der Waals surface area contributed by atoms with Crippen LogP contribution in [0.1, 0.15) is 22.5 Å². The Balaban J connectivity index is 1.92. The third kappa shape index (κ3) is 3.31. The molecule has 0 atom stereocenters. The van der Waals surface area contributed by atoms with Crippen LogP contribution in [0.5, 0.6) is 5.75 Å². The second kappa shape index (κ2) is 6.92. The number of anilines is 1. The number of nitrogens with zero attached hydrogens (tertiary/aromatic N) is 1. The van der Waals surface area contributed by atoms with Gasteiger partial charge in [0, 0.05) is 13.1 Å². The molecule has 0 aliphatic carbocycles. The third-order valence-corrected chi connectivity index (χ3v) is 6.63. The number of benzene rings is 1. The molecule has 3 rings (SSSR count). The highest BCUT2D eigenvalue weighted by Gasteiger charge is 2.28. The Morgan fingerprint density at radius 3 is 2.62 bits per heavy atom. The fourth-order valence-electron chi connectivity index (χ4n) is 2.61. The summed E-state index contributed by atoms with van der Waals surface area (Å²) in [6, 6.07) is 8.01. The van der Waals surface area contributed by atoms with Crippen LogP contribution in [0, 0.1) is 0 Å². The molecule has 0 spiro atoms. The van der Waals surface area contributed by atoms with Crippen molar-refractivity contribution in [2.45, 2.75) is 17.7 Å². The Hall–Kier alpha value is -1.90. The predicted octanol–water partition coefficient (Wildman–Crippen LogP) is 2.79. The van der Waals surface area contributed by atoms with E-state index >= 15 is 0 Å². The maximum atomic E-state index is 12.7.